The van der Waals surface area contributed by atoms with Crippen LogP contribution in [0.3, 0.4) is 0 Å². The Balaban J connectivity index is 4.10. The average molecular weight is 149 g/mol. The lowest BCUT2D eigenvalue weighted by Gasteiger charge is -2.24. The van der Waals surface area contributed by atoms with E-state index in [0.717, 1.165) is 0 Å². The molecule has 0 aliphatic rings. The van der Waals surface area contributed by atoms with Gasteiger partial charge in [0.05, 0.1) is 6.61 Å². The van der Waals surface area contributed by atoms with Crippen molar-refractivity contribution >= 4 is 0 Å². The van der Waals surface area contributed by atoms with Crippen molar-refractivity contribution in [2.45, 2.75) is 19.9 Å². The molecule has 0 aromatic rings. The Hall–Kier alpha value is -0.510. The standard InChI is InChI=1S/C6H12FNO2/c1-6(2,4-9)5(3-7)8-10/h5,9H,3-4H2,1-2H3. The van der Waals surface area contributed by atoms with E-state index in [2.05, 4.69) is 5.18 Å². The van der Waals surface area contributed by atoms with Crippen LogP contribution in [0.4, 0.5) is 4.39 Å². The van der Waals surface area contributed by atoms with Crippen LogP contribution < -0.4 is 0 Å². The van der Waals surface area contributed by atoms with Gasteiger partial charge in [0.25, 0.3) is 0 Å². The van der Waals surface area contributed by atoms with E-state index in [4.69, 9.17) is 5.11 Å². The lowest BCUT2D eigenvalue weighted by molar-refractivity contribution is 0.120. The zero-order chi connectivity index (χ0) is 8.20. The summed E-state index contributed by atoms with van der Waals surface area (Å²) < 4.78 is 11.9. The normalized spacial score (nSPS) is 14.8. The minimum atomic E-state index is -0.933. The van der Waals surface area contributed by atoms with Gasteiger partial charge >= 0.3 is 0 Å². The Kier molecular flexibility index (Phi) is 3.42. The van der Waals surface area contributed by atoms with Gasteiger partial charge in [0, 0.05) is 5.41 Å². The molecule has 0 aliphatic heterocycles. The van der Waals surface area contributed by atoms with E-state index in [1.807, 2.05) is 0 Å². The summed E-state index contributed by atoms with van der Waals surface area (Å²) in [5.74, 6) is 0. The summed E-state index contributed by atoms with van der Waals surface area (Å²) in [4.78, 5) is 9.94. The van der Waals surface area contributed by atoms with Crippen molar-refractivity contribution in [3.05, 3.63) is 4.91 Å². The first-order valence-corrected chi connectivity index (χ1v) is 3.07. The minimum Gasteiger partial charge on any atom is -0.396 e. The van der Waals surface area contributed by atoms with Crippen molar-refractivity contribution in [3.8, 4) is 0 Å². The van der Waals surface area contributed by atoms with Crippen molar-refractivity contribution in [1.29, 1.82) is 0 Å². The maximum absolute atomic E-state index is 11.9. The maximum atomic E-state index is 11.9. The van der Waals surface area contributed by atoms with Crippen molar-refractivity contribution < 1.29 is 9.50 Å². The van der Waals surface area contributed by atoms with Crippen molar-refractivity contribution in [2.24, 2.45) is 10.6 Å². The summed E-state index contributed by atoms with van der Waals surface area (Å²) in [7, 11) is 0. The maximum Gasteiger partial charge on any atom is 0.127 e. The zero-order valence-corrected chi connectivity index (χ0v) is 6.17. The number of halogens is 1. The highest BCUT2D eigenvalue weighted by atomic mass is 19.1. The van der Waals surface area contributed by atoms with Gasteiger partial charge in [0.15, 0.2) is 0 Å². The van der Waals surface area contributed by atoms with E-state index >= 15 is 0 Å². The van der Waals surface area contributed by atoms with Gasteiger partial charge in [-0.25, -0.2) is 4.39 Å². The third kappa shape index (κ3) is 2.02. The van der Waals surface area contributed by atoms with Crippen LogP contribution in [0.2, 0.25) is 0 Å². The summed E-state index contributed by atoms with van der Waals surface area (Å²) >= 11 is 0. The number of hydrogen-bond donors (Lipinski definition) is 1. The Bertz CT molecular complexity index is 116. The summed E-state index contributed by atoms with van der Waals surface area (Å²) in [5, 5.41) is 11.2. The molecule has 0 saturated heterocycles. The molecule has 0 spiro atoms. The number of alkyl halides is 1. The van der Waals surface area contributed by atoms with E-state index in [9.17, 15) is 9.30 Å². The smallest absolute Gasteiger partial charge is 0.127 e. The van der Waals surface area contributed by atoms with Crippen LogP contribution in [0.15, 0.2) is 5.18 Å². The second-order valence-electron chi connectivity index (χ2n) is 2.92. The monoisotopic (exact) mass is 149 g/mol. The van der Waals surface area contributed by atoms with E-state index < -0.39 is 18.1 Å². The van der Waals surface area contributed by atoms with Gasteiger partial charge in [0.2, 0.25) is 0 Å². The molecule has 1 atom stereocenters. The molecule has 60 valence electrons. The highest BCUT2D eigenvalue weighted by molar-refractivity contribution is 4.82. The third-order valence-corrected chi connectivity index (χ3v) is 1.58. The average Bonchev–Trinajstić information content (AvgIpc) is 1.90. The van der Waals surface area contributed by atoms with Crippen LogP contribution in [0.1, 0.15) is 13.8 Å². The van der Waals surface area contributed by atoms with Gasteiger partial charge in [0.1, 0.15) is 12.7 Å². The van der Waals surface area contributed by atoms with Gasteiger partial charge in [-0.15, -0.1) is 0 Å². The van der Waals surface area contributed by atoms with Crippen molar-refractivity contribution in [1.82, 2.24) is 0 Å². The Morgan fingerprint density at radius 2 is 2.20 bits per heavy atom. The first-order valence-electron chi connectivity index (χ1n) is 3.07. The molecule has 0 bridgehead atoms. The van der Waals surface area contributed by atoms with Gasteiger partial charge in [-0.2, -0.15) is 4.91 Å². The van der Waals surface area contributed by atoms with Crippen LogP contribution >= 0.6 is 0 Å². The molecule has 0 rings (SSSR count). The molecule has 0 heterocycles. The molecular weight excluding hydrogens is 137 g/mol. The second-order valence-corrected chi connectivity index (χ2v) is 2.92. The lowest BCUT2D eigenvalue weighted by Crippen LogP contribution is -2.32. The first kappa shape index (κ1) is 9.49. The van der Waals surface area contributed by atoms with E-state index in [-0.39, 0.29) is 6.61 Å². The van der Waals surface area contributed by atoms with Gasteiger partial charge in [-0.1, -0.05) is 19.0 Å². The van der Waals surface area contributed by atoms with E-state index in [1.54, 1.807) is 13.8 Å². The molecule has 1 unspecified atom stereocenters. The molecule has 0 amide bonds. The Morgan fingerprint density at radius 1 is 1.70 bits per heavy atom. The highest BCUT2D eigenvalue weighted by Crippen LogP contribution is 2.22. The molecule has 0 aromatic carbocycles. The SMILES string of the molecule is CC(C)(CO)C(CF)N=O. The molecule has 0 saturated carbocycles. The van der Waals surface area contributed by atoms with Crippen LogP contribution in [-0.4, -0.2) is 24.4 Å². The summed E-state index contributed by atoms with van der Waals surface area (Å²) in [6.45, 7) is 2.15. The zero-order valence-electron chi connectivity index (χ0n) is 6.17. The van der Waals surface area contributed by atoms with Crippen LogP contribution in [0, 0.1) is 10.3 Å². The number of nitroso groups, excluding NO2 is 1. The quantitative estimate of drug-likeness (QED) is 0.608. The number of aliphatic hydroxyl groups excluding tert-OH is 1. The number of nitrogens with zero attached hydrogens (tertiary/aromatic N) is 1. The van der Waals surface area contributed by atoms with Gasteiger partial charge < -0.3 is 5.11 Å². The molecule has 0 aliphatic carbocycles. The Labute approximate surface area is 59.2 Å². The largest absolute Gasteiger partial charge is 0.396 e. The Morgan fingerprint density at radius 3 is 2.30 bits per heavy atom. The molecule has 3 nitrogen and oxygen atoms in total. The minimum absolute atomic E-state index is 0.229. The van der Waals surface area contributed by atoms with Crippen LogP contribution in [0.5, 0.6) is 0 Å². The van der Waals surface area contributed by atoms with Crippen LogP contribution in [-0.2, 0) is 0 Å². The van der Waals surface area contributed by atoms with E-state index in [0.29, 0.717) is 0 Å². The molecule has 4 heteroatoms. The molecule has 1 N–H and O–H groups in total. The number of hydrogen-bond acceptors (Lipinski definition) is 3. The van der Waals surface area contributed by atoms with Crippen molar-refractivity contribution in [3.63, 3.8) is 0 Å². The van der Waals surface area contributed by atoms with E-state index in [1.165, 1.54) is 0 Å². The highest BCUT2D eigenvalue weighted by Gasteiger charge is 2.29. The third-order valence-electron chi connectivity index (χ3n) is 1.58. The molecule has 0 fully saturated rings. The van der Waals surface area contributed by atoms with Crippen molar-refractivity contribution in [2.75, 3.05) is 13.3 Å². The predicted octanol–water partition coefficient (Wildman–Crippen LogP) is 1.11. The van der Waals surface area contributed by atoms with Gasteiger partial charge in [-0.3, -0.25) is 0 Å². The molecular formula is C6H12FNO2. The first-order chi connectivity index (χ1) is 4.58. The lowest BCUT2D eigenvalue weighted by atomic mass is 9.87. The number of aliphatic hydroxyl groups is 1. The molecule has 0 radical (unpaired) electrons. The summed E-state index contributed by atoms with van der Waals surface area (Å²) in [6, 6.07) is -0.933. The topological polar surface area (TPSA) is 49.7 Å². The summed E-state index contributed by atoms with van der Waals surface area (Å²) in [6.07, 6.45) is 0. The second kappa shape index (κ2) is 3.61. The fraction of sp³-hybridized carbons (Fsp3) is 1.00. The number of rotatable bonds is 4. The predicted molar refractivity (Wildman–Crippen MR) is 36.4 cm³/mol. The summed E-state index contributed by atoms with van der Waals surface area (Å²) in [5.41, 5.74) is -0.740. The van der Waals surface area contributed by atoms with Gasteiger partial charge in [-0.05, 0) is 0 Å². The molecule has 0 aromatic heterocycles. The fourth-order valence-electron chi connectivity index (χ4n) is 0.485. The fourth-order valence-corrected chi connectivity index (χ4v) is 0.485. The van der Waals surface area contributed by atoms with Crippen LogP contribution in [0.25, 0.3) is 0 Å². The molecule has 10 heavy (non-hydrogen) atoms.